The van der Waals surface area contributed by atoms with E-state index in [1.165, 1.54) is 13.1 Å². The number of likely N-dealkylation sites (tertiary alicyclic amines) is 1. The third-order valence-corrected chi connectivity index (χ3v) is 3.44. The van der Waals surface area contributed by atoms with Gasteiger partial charge in [0.1, 0.15) is 0 Å². The van der Waals surface area contributed by atoms with Crippen molar-refractivity contribution in [1.82, 2.24) is 4.90 Å². The second-order valence-electron chi connectivity index (χ2n) is 4.73. The highest BCUT2D eigenvalue weighted by Gasteiger charge is 2.39. The summed E-state index contributed by atoms with van der Waals surface area (Å²) in [7, 11) is 0. The molecule has 2 heteroatoms. The Kier molecular flexibility index (Phi) is 2.79. The lowest BCUT2D eigenvalue weighted by Gasteiger charge is -2.51. The van der Waals surface area contributed by atoms with Crippen LogP contribution in [0.15, 0.2) is 0 Å². The first-order valence-corrected chi connectivity index (χ1v) is 4.96. The molecular weight excluding hydrogens is 148 g/mol. The van der Waals surface area contributed by atoms with Crippen LogP contribution in [0.25, 0.3) is 0 Å². The lowest BCUT2D eigenvalue weighted by molar-refractivity contribution is -0.0209. The van der Waals surface area contributed by atoms with Gasteiger partial charge in [0, 0.05) is 25.2 Å². The van der Waals surface area contributed by atoms with E-state index in [0.717, 1.165) is 12.5 Å². The van der Waals surface area contributed by atoms with Gasteiger partial charge in [-0.3, -0.25) is 4.90 Å². The van der Waals surface area contributed by atoms with Crippen LogP contribution in [0, 0.1) is 11.8 Å². The highest BCUT2D eigenvalue weighted by molar-refractivity contribution is 4.95. The first-order valence-electron chi connectivity index (χ1n) is 4.96. The fourth-order valence-electron chi connectivity index (χ4n) is 1.85. The van der Waals surface area contributed by atoms with Crippen LogP contribution in [0.5, 0.6) is 0 Å². The zero-order valence-electron chi connectivity index (χ0n) is 8.80. The van der Waals surface area contributed by atoms with Crippen LogP contribution >= 0.6 is 0 Å². The van der Waals surface area contributed by atoms with E-state index in [2.05, 4.69) is 32.6 Å². The molecule has 0 spiro atoms. The average Bonchev–Trinajstić information content (AvgIpc) is 1.97. The van der Waals surface area contributed by atoms with Crippen LogP contribution in [-0.4, -0.2) is 30.1 Å². The second kappa shape index (κ2) is 3.35. The highest BCUT2D eigenvalue weighted by Crippen LogP contribution is 2.30. The third-order valence-electron chi connectivity index (χ3n) is 3.44. The van der Waals surface area contributed by atoms with Crippen molar-refractivity contribution >= 4 is 0 Å². The van der Waals surface area contributed by atoms with E-state index >= 15 is 0 Å². The molecular formula is C10H22N2. The SMILES string of the molecule is CC1CN(C(C)(CN)C(C)C)C1. The first-order chi connectivity index (χ1) is 5.50. The van der Waals surface area contributed by atoms with Gasteiger partial charge in [-0.2, -0.15) is 0 Å². The van der Waals surface area contributed by atoms with E-state index in [9.17, 15) is 0 Å². The zero-order valence-corrected chi connectivity index (χ0v) is 8.80. The molecule has 0 aliphatic carbocycles. The van der Waals surface area contributed by atoms with Gasteiger partial charge < -0.3 is 5.73 Å². The third kappa shape index (κ3) is 1.50. The van der Waals surface area contributed by atoms with Gasteiger partial charge in [0.15, 0.2) is 0 Å². The fraction of sp³-hybridized carbons (Fsp3) is 1.00. The van der Waals surface area contributed by atoms with E-state index in [-0.39, 0.29) is 5.54 Å². The van der Waals surface area contributed by atoms with Crippen LogP contribution in [0.3, 0.4) is 0 Å². The van der Waals surface area contributed by atoms with Crippen molar-refractivity contribution in [2.75, 3.05) is 19.6 Å². The largest absolute Gasteiger partial charge is 0.329 e. The van der Waals surface area contributed by atoms with Crippen molar-refractivity contribution in [3.05, 3.63) is 0 Å². The molecule has 1 saturated heterocycles. The summed E-state index contributed by atoms with van der Waals surface area (Å²) in [6.07, 6.45) is 0. The molecule has 2 nitrogen and oxygen atoms in total. The average molecular weight is 170 g/mol. The van der Waals surface area contributed by atoms with Crippen molar-refractivity contribution in [1.29, 1.82) is 0 Å². The Labute approximate surface area is 76.1 Å². The van der Waals surface area contributed by atoms with Crippen LogP contribution in [0.1, 0.15) is 27.7 Å². The van der Waals surface area contributed by atoms with Gasteiger partial charge in [0.2, 0.25) is 0 Å². The predicted molar refractivity (Wildman–Crippen MR) is 53.0 cm³/mol. The number of nitrogens with two attached hydrogens (primary N) is 1. The Morgan fingerprint density at radius 1 is 1.50 bits per heavy atom. The van der Waals surface area contributed by atoms with E-state index in [0.29, 0.717) is 5.92 Å². The molecule has 0 bridgehead atoms. The molecule has 0 aromatic rings. The van der Waals surface area contributed by atoms with Crippen LogP contribution in [0.4, 0.5) is 0 Å². The van der Waals surface area contributed by atoms with Gasteiger partial charge in [-0.1, -0.05) is 20.8 Å². The van der Waals surface area contributed by atoms with Gasteiger partial charge in [-0.25, -0.2) is 0 Å². The molecule has 1 aliphatic heterocycles. The zero-order chi connectivity index (χ0) is 9.35. The first kappa shape index (κ1) is 10.0. The standard InChI is InChI=1S/C10H22N2/c1-8(2)10(4,7-11)12-5-9(3)6-12/h8-9H,5-7,11H2,1-4H3. The van der Waals surface area contributed by atoms with Crippen molar-refractivity contribution in [3.8, 4) is 0 Å². The maximum atomic E-state index is 5.82. The Balaban J connectivity index is 2.55. The molecule has 1 aliphatic rings. The molecule has 12 heavy (non-hydrogen) atoms. The molecule has 72 valence electrons. The second-order valence-corrected chi connectivity index (χ2v) is 4.73. The summed E-state index contributed by atoms with van der Waals surface area (Å²) < 4.78 is 0. The van der Waals surface area contributed by atoms with Crippen LogP contribution < -0.4 is 5.73 Å². The minimum Gasteiger partial charge on any atom is -0.329 e. The molecule has 0 aromatic heterocycles. The van der Waals surface area contributed by atoms with Gasteiger partial charge >= 0.3 is 0 Å². The Bertz CT molecular complexity index is 150. The maximum Gasteiger partial charge on any atom is 0.0326 e. The van der Waals surface area contributed by atoms with Crippen molar-refractivity contribution in [3.63, 3.8) is 0 Å². The van der Waals surface area contributed by atoms with Crippen molar-refractivity contribution in [2.45, 2.75) is 33.2 Å². The Morgan fingerprint density at radius 2 is 2.00 bits per heavy atom. The number of nitrogens with zero attached hydrogens (tertiary/aromatic N) is 1. The van der Waals surface area contributed by atoms with E-state index in [1.54, 1.807) is 0 Å². The molecule has 2 N–H and O–H groups in total. The summed E-state index contributed by atoms with van der Waals surface area (Å²) in [5.74, 6) is 1.52. The number of hydrogen-bond donors (Lipinski definition) is 1. The fourth-order valence-corrected chi connectivity index (χ4v) is 1.85. The smallest absolute Gasteiger partial charge is 0.0326 e. The molecule has 0 aromatic carbocycles. The quantitative estimate of drug-likeness (QED) is 0.692. The van der Waals surface area contributed by atoms with Gasteiger partial charge in [0.05, 0.1) is 0 Å². The van der Waals surface area contributed by atoms with Crippen LogP contribution in [-0.2, 0) is 0 Å². The molecule has 0 radical (unpaired) electrons. The summed E-state index contributed by atoms with van der Waals surface area (Å²) in [4.78, 5) is 2.52. The Hall–Kier alpha value is -0.0800. The molecule has 0 saturated carbocycles. The van der Waals surface area contributed by atoms with Gasteiger partial charge in [-0.15, -0.1) is 0 Å². The van der Waals surface area contributed by atoms with Gasteiger partial charge in [-0.05, 0) is 18.8 Å². The highest BCUT2D eigenvalue weighted by atomic mass is 15.3. The maximum absolute atomic E-state index is 5.82. The van der Waals surface area contributed by atoms with Crippen LogP contribution in [0.2, 0.25) is 0 Å². The predicted octanol–water partition coefficient (Wildman–Crippen LogP) is 1.31. The van der Waals surface area contributed by atoms with Crippen molar-refractivity contribution in [2.24, 2.45) is 17.6 Å². The van der Waals surface area contributed by atoms with E-state index in [4.69, 9.17) is 5.73 Å². The monoisotopic (exact) mass is 170 g/mol. The van der Waals surface area contributed by atoms with E-state index < -0.39 is 0 Å². The van der Waals surface area contributed by atoms with E-state index in [1.807, 2.05) is 0 Å². The molecule has 0 amide bonds. The minimum atomic E-state index is 0.229. The lowest BCUT2D eigenvalue weighted by Crippen LogP contribution is -2.63. The lowest BCUT2D eigenvalue weighted by atomic mass is 9.82. The molecule has 1 atom stereocenters. The minimum absolute atomic E-state index is 0.229. The normalized spacial score (nSPS) is 25.5. The topological polar surface area (TPSA) is 29.3 Å². The number of rotatable bonds is 3. The summed E-state index contributed by atoms with van der Waals surface area (Å²) in [5, 5.41) is 0. The van der Waals surface area contributed by atoms with Gasteiger partial charge in [0.25, 0.3) is 0 Å². The number of hydrogen-bond acceptors (Lipinski definition) is 2. The summed E-state index contributed by atoms with van der Waals surface area (Å²) >= 11 is 0. The summed E-state index contributed by atoms with van der Waals surface area (Å²) in [6, 6.07) is 0. The molecule has 1 unspecified atom stereocenters. The molecule has 1 heterocycles. The molecule has 1 fully saturated rings. The Morgan fingerprint density at radius 3 is 2.25 bits per heavy atom. The summed E-state index contributed by atoms with van der Waals surface area (Å²) in [6.45, 7) is 12.3. The summed E-state index contributed by atoms with van der Waals surface area (Å²) in [5.41, 5.74) is 6.05. The molecule has 1 rings (SSSR count). The van der Waals surface area contributed by atoms with Crippen molar-refractivity contribution < 1.29 is 0 Å².